The molecule has 0 aliphatic carbocycles. The second-order valence-electron chi connectivity index (χ2n) is 8.33. The van der Waals surface area contributed by atoms with Gasteiger partial charge in [-0.1, -0.05) is 18.2 Å². The number of nitrogens with one attached hydrogen (secondary N) is 2. The number of para-hydroxylation sites is 1. The third-order valence-electron chi connectivity index (χ3n) is 4.67. The number of likely N-dealkylation sites (tertiary alicyclic amines) is 1. The SMILES string of the molecule is Cc1nc(CNC(=O)N2CCC[C@@H](NC(=O)OC(C)(C)C)C2)nc2ccccc12. The molecule has 1 saturated heterocycles. The first-order valence-electron chi connectivity index (χ1n) is 9.96. The summed E-state index contributed by atoms with van der Waals surface area (Å²) in [4.78, 5) is 35.3. The summed E-state index contributed by atoms with van der Waals surface area (Å²) >= 11 is 0. The third-order valence-corrected chi connectivity index (χ3v) is 4.67. The average Bonchev–Trinajstić information content (AvgIpc) is 2.65. The first-order valence-corrected chi connectivity index (χ1v) is 9.96. The molecule has 3 rings (SSSR count). The second kappa shape index (κ2) is 8.63. The van der Waals surface area contributed by atoms with Gasteiger partial charge in [0.25, 0.3) is 0 Å². The highest BCUT2D eigenvalue weighted by Gasteiger charge is 2.26. The maximum absolute atomic E-state index is 12.6. The highest BCUT2D eigenvalue weighted by atomic mass is 16.6. The minimum Gasteiger partial charge on any atom is -0.444 e. The average molecular weight is 399 g/mol. The number of urea groups is 1. The van der Waals surface area contributed by atoms with Crippen molar-refractivity contribution in [2.75, 3.05) is 13.1 Å². The lowest BCUT2D eigenvalue weighted by atomic mass is 10.1. The molecule has 156 valence electrons. The van der Waals surface area contributed by atoms with E-state index in [1.165, 1.54) is 0 Å². The van der Waals surface area contributed by atoms with Gasteiger partial charge in [0.2, 0.25) is 0 Å². The van der Waals surface area contributed by atoms with E-state index in [2.05, 4.69) is 20.6 Å². The van der Waals surface area contributed by atoms with Crippen molar-refractivity contribution in [1.29, 1.82) is 0 Å². The van der Waals surface area contributed by atoms with Gasteiger partial charge in [-0.15, -0.1) is 0 Å². The van der Waals surface area contributed by atoms with Gasteiger partial charge in [0, 0.05) is 30.2 Å². The maximum Gasteiger partial charge on any atom is 0.407 e. The zero-order chi connectivity index (χ0) is 21.0. The summed E-state index contributed by atoms with van der Waals surface area (Å²) in [5.41, 5.74) is 1.21. The Balaban J connectivity index is 1.54. The number of piperidine rings is 1. The van der Waals surface area contributed by atoms with Gasteiger partial charge in [0.1, 0.15) is 11.4 Å². The van der Waals surface area contributed by atoms with Crippen LogP contribution in [-0.4, -0.2) is 51.7 Å². The van der Waals surface area contributed by atoms with Crippen molar-refractivity contribution < 1.29 is 14.3 Å². The number of benzene rings is 1. The van der Waals surface area contributed by atoms with Crippen LogP contribution in [0.15, 0.2) is 24.3 Å². The van der Waals surface area contributed by atoms with Crippen molar-refractivity contribution in [3.8, 4) is 0 Å². The van der Waals surface area contributed by atoms with Gasteiger partial charge in [-0.3, -0.25) is 0 Å². The fraction of sp³-hybridized carbons (Fsp3) is 0.524. The summed E-state index contributed by atoms with van der Waals surface area (Å²) in [6, 6.07) is 7.51. The Morgan fingerprint density at radius 3 is 2.76 bits per heavy atom. The van der Waals surface area contributed by atoms with Crippen molar-refractivity contribution in [2.45, 2.75) is 58.7 Å². The monoisotopic (exact) mass is 399 g/mol. The highest BCUT2D eigenvalue weighted by Crippen LogP contribution is 2.15. The molecule has 2 aromatic rings. The molecule has 29 heavy (non-hydrogen) atoms. The Labute approximate surface area is 171 Å². The van der Waals surface area contributed by atoms with Crippen molar-refractivity contribution in [3.05, 3.63) is 35.8 Å². The molecule has 3 amide bonds. The van der Waals surface area contributed by atoms with E-state index in [-0.39, 0.29) is 18.6 Å². The van der Waals surface area contributed by atoms with E-state index < -0.39 is 11.7 Å². The minimum absolute atomic E-state index is 0.122. The third kappa shape index (κ3) is 5.79. The lowest BCUT2D eigenvalue weighted by Gasteiger charge is -2.33. The lowest BCUT2D eigenvalue weighted by molar-refractivity contribution is 0.0479. The fourth-order valence-electron chi connectivity index (χ4n) is 3.39. The van der Waals surface area contributed by atoms with Crippen LogP contribution in [0.25, 0.3) is 10.9 Å². The van der Waals surface area contributed by atoms with Crippen LogP contribution in [0.2, 0.25) is 0 Å². The highest BCUT2D eigenvalue weighted by molar-refractivity contribution is 5.80. The fourth-order valence-corrected chi connectivity index (χ4v) is 3.39. The lowest BCUT2D eigenvalue weighted by Crippen LogP contribution is -2.52. The Morgan fingerprint density at radius 2 is 2.00 bits per heavy atom. The predicted molar refractivity (Wildman–Crippen MR) is 110 cm³/mol. The number of ether oxygens (including phenoxy) is 1. The topological polar surface area (TPSA) is 96.5 Å². The normalized spacial score (nSPS) is 17.1. The maximum atomic E-state index is 12.6. The van der Waals surface area contributed by atoms with Crippen molar-refractivity contribution in [1.82, 2.24) is 25.5 Å². The van der Waals surface area contributed by atoms with Crippen molar-refractivity contribution >= 4 is 23.0 Å². The molecular weight excluding hydrogens is 370 g/mol. The molecule has 1 aromatic heterocycles. The van der Waals surface area contributed by atoms with Crippen LogP contribution in [0.3, 0.4) is 0 Å². The molecule has 8 nitrogen and oxygen atoms in total. The Bertz CT molecular complexity index is 894. The van der Waals surface area contributed by atoms with Crippen LogP contribution in [0.1, 0.15) is 45.1 Å². The summed E-state index contributed by atoms with van der Waals surface area (Å²) in [5.74, 6) is 0.579. The van der Waals surface area contributed by atoms with Gasteiger partial charge in [0.15, 0.2) is 0 Å². The molecule has 2 heterocycles. The Morgan fingerprint density at radius 1 is 1.24 bits per heavy atom. The van der Waals surface area contributed by atoms with Crippen LogP contribution in [0.5, 0.6) is 0 Å². The summed E-state index contributed by atoms with van der Waals surface area (Å²) in [5, 5.41) is 6.75. The van der Waals surface area contributed by atoms with Crippen LogP contribution >= 0.6 is 0 Å². The van der Waals surface area contributed by atoms with Crippen LogP contribution in [-0.2, 0) is 11.3 Å². The van der Waals surface area contributed by atoms with E-state index in [0.717, 1.165) is 29.4 Å². The van der Waals surface area contributed by atoms with Crippen LogP contribution in [0, 0.1) is 6.92 Å². The number of nitrogens with zero attached hydrogens (tertiary/aromatic N) is 3. The van der Waals surface area contributed by atoms with Gasteiger partial charge < -0.3 is 20.3 Å². The summed E-state index contributed by atoms with van der Waals surface area (Å²) in [6.07, 6.45) is 1.18. The number of hydrogen-bond donors (Lipinski definition) is 2. The molecule has 2 N–H and O–H groups in total. The minimum atomic E-state index is -0.548. The number of rotatable bonds is 3. The first-order chi connectivity index (χ1) is 13.7. The van der Waals surface area contributed by atoms with E-state index in [9.17, 15) is 9.59 Å². The zero-order valence-electron chi connectivity index (χ0n) is 17.5. The van der Waals surface area contributed by atoms with Gasteiger partial charge in [0.05, 0.1) is 12.1 Å². The number of fused-ring (bicyclic) bond motifs is 1. The smallest absolute Gasteiger partial charge is 0.407 e. The van der Waals surface area contributed by atoms with E-state index in [0.29, 0.717) is 18.9 Å². The molecule has 8 heteroatoms. The number of aryl methyl sites for hydroxylation is 1. The molecule has 1 atom stereocenters. The molecule has 0 spiro atoms. The predicted octanol–water partition coefficient (Wildman–Crippen LogP) is 3.14. The zero-order valence-corrected chi connectivity index (χ0v) is 17.5. The Kier molecular flexibility index (Phi) is 6.20. The number of hydrogen-bond acceptors (Lipinski definition) is 5. The number of carbonyl (C=O) groups is 2. The molecule has 1 aliphatic rings. The van der Waals surface area contributed by atoms with Gasteiger partial charge in [-0.2, -0.15) is 0 Å². The van der Waals surface area contributed by atoms with E-state index in [4.69, 9.17) is 4.74 Å². The number of aromatic nitrogens is 2. The second-order valence-corrected chi connectivity index (χ2v) is 8.33. The molecular formula is C21H29N5O3. The summed E-state index contributed by atoms with van der Waals surface area (Å²) in [6.45, 7) is 8.76. The van der Waals surface area contributed by atoms with Crippen LogP contribution in [0.4, 0.5) is 9.59 Å². The van der Waals surface area contributed by atoms with E-state index in [1.54, 1.807) is 4.90 Å². The largest absolute Gasteiger partial charge is 0.444 e. The number of carbonyl (C=O) groups excluding carboxylic acids is 2. The first kappa shape index (κ1) is 20.8. The number of alkyl carbamates (subject to hydrolysis) is 1. The molecule has 1 aliphatic heterocycles. The van der Waals surface area contributed by atoms with E-state index >= 15 is 0 Å². The molecule has 0 radical (unpaired) electrons. The van der Waals surface area contributed by atoms with E-state index in [1.807, 2.05) is 52.0 Å². The molecule has 0 bridgehead atoms. The quantitative estimate of drug-likeness (QED) is 0.827. The molecule has 0 saturated carbocycles. The van der Waals surface area contributed by atoms with Gasteiger partial charge >= 0.3 is 12.1 Å². The van der Waals surface area contributed by atoms with Crippen molar-refractivity contribution in [3.63, 3.8) is 0 Å². The van der Waals surface area contributed by atoms with Crippen LogP contribution < -0.4 is 10.6 Å². The Hall–Kier alpha value is -2.90. The van der Waals surface area contributed by atoms with Gasteiger partial charge in [-0.25, -0.2) is 19.6 Å². The molecule has 0 unspecified atom stereocenters. The molecule has 1 fully saturated rings. The van der Waals surface area contributed by atoms with Crippen molar-refractivity contribution in [2.24, 2.45) is 0 Å². The summed E-state index contributed by atoms with van der Waals surface area (Å²) in [7, 11) is 0. The van der Waals surface area contributed by atoms with Gasteiger partial charge in [-0.05, 0) is 46.6 Å². The standard InChI is InChI=1S/C21H29N5O3/c1-14-16-9-5-6-10-17(16)25-18(23-14)12-22-19(27)26-11-7-8-15(13-26)24-20(28)29-21(2,3)4/h5-6,9-10,15H,7-8,11-13H2,1-4H3,(H,22,27)(H,24,28)/t15-/m1/s1. The number of amides is 3. The molecule has 1 aromatic carbocycles. The summed E-state index contributed by atoms with van der Waals surface area (Å²) < 4.78 is 5.30.